The molecule has 0 saturated carbocycles. The number of azo groups is 1. The van der Waals surface area contributed by atoms with E-state index >= 15 is 0 Å². The molecule has 0 radical (unpaired) electrons. The van der Waals surface area contributed by atoms with Crippen molar-refractivity contribution in [3.63, 3.8) is 0 Å². The van der Waals surface area contributed by atoms with E-state index in [1.54, 1.807) is 7.11 Å². The van der Waals surface area contributed by atoms with E-state index in [0.29, 0.717) is 42.4 Å². The third kappa shape index (κ3) is 7.82. The molecule has 1 heterocycles. The smallest absolute Gasteiger partial charge is 0.497 e. The van der Waals surface area contributed by atoms with E-state index in [4.69, 9.17) is 34.6 Å². The zero-order valence-electron chi connectivity index (χ0n) is 20.4. The van der Waals surface area contributed by atoms with Gasteiger partial charge < -0.3 is 23.3 Å². The predicted octanol–water partition coefficient (Wildman–Crippen LogP) is 7.35. The van der Waals surface area contributed by atoms with Crippen molar-refractivity contribution in [2.75, 3.05) is 38.8 Å². The summed E-state index contributed by atoms with van der Waals surface area (Å²) in [5.41, 5.74) is 2.36. The molecule has 0 amide bonds. The Morgan fingerprint density at radius 3 is 2.11 bits per heavy atom. The zero-order valence-corrected chi connectivity index (χ0v) is 23.0. The van der Waals surface area contributed by atoms with Crippen molar-refractivity contribution in [3.05, 3.63) is 53.6 Å². The molecule has 0 aliphatic heterocycles. The van der Waals surface area contributed by atoms with Crippen LogP contribution in [0.25, 0.3) is 11.3 Å². The molecule has 3 rings (SSSR count). The average Bonchev–Trinajstić information content (AvgIpc) is 3.27. The highest BCUT2D eigenvalue weighted by molar-refractivity contribution is 7.19. The summed E-state index contributed by atoms with van der Waals surface area (Å²) in [5, 5.41) is 14.4. The number of benzene rings is 2. The van der Waals surface area contributed by atoms with Gasteiger partial charge in [-0.3, -0.25) is 0 Å². The predicted molar refractivity (Wildman–Crippen MR) is 144 cm³/mol. The second kappa shape index (κ2) is 13.7. The summed E-state index contributed by atoms with van der Waals surface area (Å²) in [6.07, 6.45) is 0. The first kappa shape index (κ1) is 27.2. The molecule has 35 heavy (non-hydrogen) atoms. The summed E-state index contributed by atoms with van der Waals surface area (Å²) < 4.78 is 23.0. The van der Waals surface area contributed by atoms with Crippen molar-refractivity contribution < 1.29 is 18.0 Å². The number of thiazole rings is 1. The zero-order chi connectivity index (χ0) is 25.1. The second-order valence-corrected chi connectivity index (χ2v) is 11.4. The maximum Gasteiger partial charge on any atom is 0.502 e. The third-order valence-corrected chi connectivity index (χ3v) is 9.05. The van der Waals surface area contributed by atoms with Crippen LogP contribution in [0.1, 0.15) is 20.8 Å². The Hall–Kier alpha value is -2.34. The Kier molecular flexibility index (Phi) is 10.6. The minimum Gasteiger partial charge on any atom is -0.497 e. The number of nitrogens with one attached hydrogen (secondary N) is 1. The van der Waals surface area contributed by atoms with Crippen LogP contribution in [-0.2, 0) is 13.3 Å². The van der Waals surface area contributed by atoms with Crippen LogP contribution in [0.5, 0.6) is 5.75 Å². The molecule has 0 unspecified atom stereocenters. The SMILES string of the molecule is CCO[Si](CCNc1nc(-c2ccc(Cl)cc2)c(N=Nc2ccc(OC)cc2)s1)(OCC)OCC. The number of aromatic nitrogens is 1. The van der Waals surface area contributed by atoms with Gasteiger partial charge in [-0.25, -0.2) is 4.98 Å². The molecular weight excluding hydrogens is 504 g/mol. The fourth-order valence-corrected chi connectivity index (χ4v) is 6.72. The van der Waals surface area contributed by atoms with Gasteiger partial charge >= 0.3 is 8.80 Å². The van der Waals surface area contributed by atoms with E-state index < -0.39 is 8.80 Å². The molecular formula is C24H31ClN4O4SSi. The number of hydrogen-bond acceptors (Lipinski definition) is 9. The summed E-state index contributed by atoms with van der Waals surface area (Å²) in [7, 11) is -1.12. The van der Waals surface area contributed by atoms with Crippen LogP contribution in [0.15, 0.2) is 58.8 Å². The van der Waals surface area contributed by atoms with E-state index in [9.17, 15) is 0 Å². The number of nitrogens with zero attached hydrogens (tertiary/aromatic N) is 3. The molecule has 0 aliphatic carbocycles. The lowest BCUT2D eigenvalue weighted by Crippen LogP contribution is -2.47. The number of rotatable bonds is 14. The molecule has 188 valence electrons. The van der Waals surface area contributed by atoms with Gasteiger partial charge in [0.15, 0.2) is 10.1 Å². The van der Waals surface area contributed by atoms with Crippen molar-refractivity contribution in [1.29, 1.82) is 0 Å². The Labute approximate surface area is 216 Å². The first-order chi connectivity index (χ1) is 17.0. The van der Waals surface area contributed by atoms with Gasteiger partial charge in [0.25, 0.3) is 0 Å². The second-order valence-electron chi connectivity index (χ2n) is 7.24. The summed E-state index contributed by atoms with van der Waals surface area (Å²) in [6, 6.07) is 15.5. The third-order valence-electron chi connectivity index (χ3n) is 4.86. The number of ether oxygens (including phenoxy) is 1. The molecule has 3 aromatic rings. The lowest BCUT2D eigenvalue weighted by atomic mass is 10.2. The van der Waals surface area contributed by atoms with Gasteiger partial charge in [-0.2, -0.15) is 0 Å². The maximum absolute atomic E-state index is 6.08. The van der Waals surface area contributed by atoms with Gasteiger partial charge in [0.1, 0.15) is 11.4 Å². The highest BCUT2D eigenvalue weighted by Crippen LogP contribution is 2.39. The van der Waals surface area contributed by atoms with Crippen LogP contribution >= 0.6 is 22.9 Å². The van der Waals surface area contributed by atoms with Crippen LogP contribution in [-0.4, -0.2) is 47.3 Å². The number of halogens is 1. The first-order valence-electron chi connectivity index (χ1n) is 11.5. The normalized spacial score (nSPS) is 11.8. The van der Waals surface area contributed by atoms with E-state index in [2.05, 4.69) is 15.5 Å². The molecule has 2 aromatic carbocycles. The standard InChI is InChI=1S/C24H31ClN4O4SSi/c1-5-31-35(32-6-2,33-7-3)17-16-26-24-27-22(18-8-10-19(25)11-9-18)23(34-24)29-28-20-12-14-21(30-4)15-13-20/h8-15H,5-7,16-17H2,1-4H3,(H,26,27). The van der Waals surface area contributed by atoms with Crippen molar-refractivity contribution in [1.82, 2.24) is 4.98 Å². The van der Waals surface area contributed by atoms with Crippen molar-refractivity contribution in [2.45, 2.75) is 26.8 Å². The average molecular weight is 535 g/mol. The van der Waals surface area contributed by atoms with Crippen LogP contribution < -0.4 is 10.1 Å². The fourth-order valence-electron chi connectivity index (χ4n) is 3.33. The molecule has 1 aromatic heterocycles. The minimum absolute atomic E-state index is 0.542. The Morgan fingerprint density at radius 2 is 1.54 bits per heavy atom. The van der Waals surface area contributed by atoms with Crippen LogP contribution in [0.3, 0.4) is 0 Å². The Balaban J connectivity index is 1.81. The molecule has 0 spiro atoms. The fraction of sp³-hybridized carbons (Fsp3) is 0.375. The van der Waals surface area contributed by atoms with Gasteiger partial charge in [-0.05, 0) is 57.2 Å². The van der Waals surface area contributed by atoms with Crippen LogP contribution in [0.2, 0.25) is 11.1 Å². The van der Waals surface area contributed by atoms with E-state index in [-0.39, 0.29) is 0 Å². The van der Waals surface area contributed by atoms with Gasteiger partial charge in [0, 0.05) is 43.0 Å². The molecule has 0 aliphatic rings. The van der Waals surface area contributed by atoms with Crippen molar-refractivity contribution in [3.8, 4) is 17.0 Å². The van der Waals surface area contributed by atoms with Gasteiger partial charge in [0.2, 0.25) is 0 Å². The van der Waals surface area contributed by atoms with Gasteiger partial charge in [-0.15, -0.1) is 10.2 Å². The lowest BCUT2D eigenvalue weighted by molar-refractivity contribution is 0.0722. The summed E-state index contributed by atoms with van der Waals surface area (Å²) in [5.74, 6) is 0.765. The summed E-state index contributed by atoms with van der Waals surface area (Å²) in [4.78, 5) is 4.79. The highest BCUT2D eigenvalue weighted by Gasteiger charge is 2.39. The Morgan fingerprint density at radius 1 is 0.914 bits per heavy atom. The topological polar surface area (TPSA) is 86.6 Å². The van der Waals surface area contributed by atoms with Gasteiger partial charge in [0.05, 0.1) is 12.8 Å². The van der Waals surface area contributed by atoms with E-state index in [1.165, 1.54) is 11.3 Å². The Bertz CT molecular complexity index is 1060. The van der Waals surface area contributed by atoms with Crippen molar-refractivity contribution >= 4 is 47.6 Å². The highest BCUT2D eigenvalue weighted by atomic mass is 35.5. The summed E-state index contributed by atoms with van der Waals surface area (Å²) >= 11 is 7.51. The molecule has 0 bridgehead atoms. The molecule has 8 nitrogen and oxygen atoms in total. The molecule has 0 atom stereocenters. The number of anilines is 1. The van der Waals surface area contributed by atoms with E-state index in [1.807, 2.05) is 69.3 Å². The maximum atomic E-state index is 6.08. The quantitative estimate of drug-likeness (QED) is 0.172. The number of methoxy groups -OCH3 is 1. The number of hydrogen-bond donors (Lipinski definition) is 1. The summed E-state index contributed by atoms with van der Waals surface area (Å²) in [6.45, 7) is 8.07. The molecule has 11 heteroatoms. The largest absolute Gasteiger partial charge is 0.502 e. The monoisotopic (exact) mass is 534 g/mol. The minimum atomic E-state index is -2.75. The van der Waals surface area contributed by atoms with Gasteiger partial charge in [-0.1, -0.05) is 35.1 Å². The molecule has 1 N–H and O–H groups in total. The molecule has 0 fully saturated rings. The lowest BCUT2D eigenvalue weighted by Gasteiger charge is -2.28. The molecule has 0 saturated heterocycles. The van der Waals surface area contributed by atoms with Crippen LogP contribution in [0, 0.1) is 0 Å². The van der Waals surface area contributed by atoms with Crippen LogP contribution in [0.4, 0.5) is 15.8 Å². The first-order valence-corrected chi connectivity index (χ1v) is 14.6. The van der Waals surface area contributed by atoms with Crippen molar-refractivity contribution in [2.24, 2.45) is 10.2 Å². The van der Waals surface area contributed by atoms with E-state index in [0.717, 1.165) is 27.8 Å².